The molecule has 0 aliphatic carbocycles. The summed E-state index contributed by atoms with van der Waals surface area (Å²) in [7, 11) is 1.98. The molecule has 1 aliphatic rings. The van der Waals surface area contributed by atoms with E-state index in [1.165, 1.54) is 0 Å². The van der Waals surface area contributed by atoms with Gasteiger partial charge in [0.2, 0.25) is 0 Å². The number of nitrogens with zero attached hydrogens (tertiary/aromatic N) is 3. The van der Waals surface area contributed by atoms with Gasteiger partial charge >= 0.3 is 0 Å². The van der Waals surface area contributed by atoms with Gasteiger partial charge in [-0.25, -0.2) is 4.98 Å². The highest BCUT2D eigenvalue weighted by Gasteiger charge is 2.22. The maximum absolute atomic E-state index is 13.1. The second kappa shape index (κ2) is 6.15. The number of halogens is 2. The molecule has 0 N–H and O–H groups in total. The number of aryl methyl sites for hydroxylation is 2. The quantitative estimate of drug-likeness (QED) is 0.541. The molecule has 4 nitrogen and oxygen atoms in total. The van der Waals surface area contributed by atoms with E-state index >= 15 is 0 Å². The topological polar surface area (TPSA) is 39.8 Å². The van der Waals surface area contributed by atoms with Gasteiger partial charge in [0.05, 0.1) is 15.6 Å². The number of benzene rings is 1. The van der Waals surface area contributed by atoms with Crippen molar-refractivity contribution in [3.05, 3.63) is 49.4 Å². The first kappa shape index (κ1) is 16.1. The van der Waals surface area contributed by atoms with Crippen LogP contribution in [0.25, 0.3) is 22.3 Å². The van der Waals surface area contributed by atoms with Gasteiger partial charge in [0, 0.05) is 24.5 Å². The van der Waals surface area contributed by atoms with Gasteiger partial charge in [0.1, 0.15) is 11.5 Å². The number of rotatable bonds is 1. The molecular weight excluding hydrogens is 434 g/mol. The van der Waals surface area contributed by atoms with Crippen molar-refractivity contribution in [1.82, 2.24) is 14.1 Å². The third kappa shape index (κ3) is 2.47. The SMILES string of the molecule is Cn1c(-c2ccc(Br)cc2)c(Br)c2c(=O)n3c(nc21)CCCCC3. The van der Waals surface area contributed by atoms with E-state index in [9.17, 15) is 4.79 Å². The highest BCUT2D eigenvalue weighted by Crippen LogP contribution is 2.35. The fourth-order valence-corrected chi connectivity index (χ4v) is 4.58. The van der Waals surface area contributed by atoms with Crippen molar-refractivity contribution in [1.29, 1.82) is 0 Å². The molecule has 0 bridgehead atoms. The summed E-state index contributed by atoms with van der Waals surface area (Å²) in [6, 6.07) is 8.11. The Balaban J connectivity index is 2.03. The van der Waals surface area contributed by atoms with Gasteiger partial charge in [0.25, 0.3) is 5.56 Å². The summed E-state index contributed by atoms with van der Waals surface area (Å²) in [4.78, 5) is 17.9. The summed E-state index contributed by atoms with van der Waals surface area (Å²) in [5.74, 6) is 0.917. The van der Waals surface area contributed by atoms with Gasteiger partial charge in [0.15, 0.2) is 0 Å². The minimum absolute atomic E-state index is 0.0720. The van der Waals surface area contributed by atoms with Crippen LogP contribution in [0.4, 0.5) is 0 Å². The van der Waals surface area contributed by atoms with Gasteiger partial charge in [-0.2, -0.15) is 0 Å². The van der Waals surface area contributed by atoms with E-state index in [0.29, 0.717) is 5.39 Å². The number of hydrogen-bond acceptors (Lipinski definition) is 2. The molecule has 0 fully saturated rings. The summed E-state index contributed by atoms with van der Waals surface area (Å²) in [6.45, 7) is 0.770. The average Bonchev–Trinajstić information content (AvgIpc) is 2.73. The summed E-state index contributed by atoms with van der Waals surface area (Å²) in [5, 5.41) is 0.682. The van der Waals surface area contributed by atoms with Crippen LogP contribution in [0.15, 0.2) is 38.0 Å². The van der Waals surface area contributed by atoms with Crippen LogP contribution in [0, 0.1) is 0 Å². The minimum atomic E-state index is 0.0720. The number of fused-ring (bicyclic) bond motifs is 2. The Hall–Kier alpha value is -1.40. The maximum Gasteiger partial charge on any atom is 0.264 e. The lowest BCUT2D eigenvalue weighted by Gasteiger charge is -2.09. The van der Waals surface area contributed by atoms with E-state index in [2.05, 4.69) is 31.9 Å². The van der Waals surface area contributed by atoms with E-state index < -0.39 is 0 Å². The average molecular weight is 451 g/mol. The molecule has 0 amide bonds. The molecule has 4 rings (SSSR count). The monoisotopic (exact) mass is 449 g/mol. The van der Waals surface area contributed by atoms with E-state index in [1.54, 1.807) is 0 Å². The summed E-state index contributed by atoms with van der Waals surface area (Å²) >= 11 is 7.14. The summed E-state index contributed by atoms with van der Waals surface area (Å²) in [5.41, 5.74) is 2.88. The number of hydrogen-bond donors (Lipinski definition) is 0. The molecule has 0 saturated carbocycles. The highest BCUT2D eigenvalue weighted by molar-refractivity contribution is 9.11. The smallest absolute Gasteiger partial charge is 0.264 e. The van der Waals surface area contributed by atoms with Crippen LogP contribution in [0.1, 0.15) is 25.1 Å². The van der Waals surface area contributed by atoms with E-state index in [1.807, 2.05) is 40.4 Å². The van der Waals surface area contributed by atoms with Crippen LogP contribution >= 0.6 is 31.9 Å². The molecule has 124 valence electrons. The van der Waals surface area contributed by atoms with Crippen LogP contribution in [0.2, 0.25) is 0 Å². The van der Waals surface area contributed by atoms with Crippen LogP contribution < -0.4 is 5.56 Å². The van der Waals surface area contributed by atoms with Gasteiger partial charge in [-0.15, -0.1) is 0 Å². The standard InChI is InChI=1S/C18H17Br2N3O/c1-22-16(11-6-8-12(19)9-7-11)15(20)14-17(22)21-13-5-3-2-4-10-23(13)18(14)24/h6-9H,2-5,10H2,1H3. The molecule has 0 unspecified atom stereocenters. The molecule has 0 spiro atoms. The first-order chi connectivity index (χ1) is 11.6. The molecule has 0 saturated heterocycles. The molecule has 1 aliphatic heterocycles. The molecule has 24 heavy (non-hydrogen) atoms. The minimum Gasteiger partial charge on any atom is -0.327 e. The van der Waals surface area contributed by atoms with Crippen LogP contribution in [0.5, 0.6) is 0 Å². The third-order valence-electron chi connectivity index (χ3n) is 4.71. The van der Waals surface area contributed by atoms with Crippen molar-refractivity contribution in [2.24, 2.45) is 7.05 Å². The van der Waals surface area contributed by atoms with Gasteiger partial charge in [-0.3, -0.25) is 9.36 Å². The highest BCUT2D eigenvalue weighted by atomic mass is 79.9. The van der Waals surface area contributed by atoms with E-state index in [0.717, 1.165) is 63.9 Å². The van der Waals surface area contributed by atoms with Crippen molar-refractivity contribution in [2.75, 3.05) is 0 Å². The third-order valence-corrected chi connectivity index (χ3v) is 6.01. The lowest BCUT2D eigenvalue weighted by molar-refractivity contribution is 0.613. The van der Waals surface area contributed by atoms with Crippen LogP contribution in [0.3, 0.4) is 0 Å². The Morgan fingerprint density at radius 2 is 1.83 bits per heavy atom. The van der Waals surface area contributed by atoms with Crippen molar-refractivity contribution in [2.45, 2.75) is 32.2 Å². The first-order valence-electron chi connectivity index (χ1n) is 8.11. The normalized spacial score (nSPS) is 14.6. The van der Waals surface area contributed by atoms with Crippen molar-refractivity contribution in [3.63, 3.8) is 0 Å². The van der Waals surface area contributed by atoms with Gasteiger partial charge < -0.3 is 4.57 Å². The van der Waals surface area contributed by atoms with Gasteiger partial charge in [-0.1, -0.05) is 34.5 Å². The second-order valence-electron chi connectivity index (χ2n) is 6.22. The van der Waals surface area contributed by atoms with Crippen molar-refractivity contribution >= 4 is 42.9 Å². The predicted molar refractivity (Wildman–Crippen MR) is 103 cm³/mol. The largest absolute Gasteiger partial charge is 0.327 e. The lowest BCUT2D eigenvalue weighted by Crippen LogP contribution is -2.24. The maximum atomic E-state index is 13.1. The molecule has 1 aromatic carbocycles. The van der Waals surface area contributed by atoms with E-state index in [4.69, 9.17) is 4.98 Å². The predicted octanol–water partition coefficient (Wildman–Crippen LogP) is 4.65. The fourth-order valence-electron chi connectivity index (χ4n) is 3.47. The zero-order chi connectivity index (χ0) is 16.8. The molecular formula is C18H17Br2N3O. The number of aromatic nitrogens is 3. The van der Waals surface area contributed by atoms with Crippen molar-refractivity contribution in [3.8, 4) is 11.3 Å². The summed E-state index contributed by atoms with van der Waals surface area (Å²) in [6.07, 6.45) is 4.18. The zero-order valence-corrected chi connectivity index (χ0v) is 16.5. The van der Waals surface area contributed by atoms with Crippen molar-refractivity contribution < 1.29 is 0 Å². The fraction of sp³-hybridized carbons (Fsp3) is 0.333. The molecule has 0 radical (unpaired) electrons. The Kier molecular flexibility index (Phi) is 4.12. The molecule has 6 heteroatoms. The molecule has 3 aromatic rings. The Labute approximate surface area is 156 Å². The van der Waals surface area contributed by atoms with Crippen LogP contribution in [-0.2, 0) is 20.0 Å². The molecule has 2 aromatic heterocycles. The van der Waals surface area contributed by atoms with E-state index in [-0.39, 0.29) is 5.56 Å². The Morgan fingerprint density at radius 1 is 1.08 bits per heavy atom. The Bertz CT molecular complexity index is 986. The van der Waals surface area contributed by atoms with Crippen LogP contribution in [-0.4, -0.2) is 14.1 Å². The summed E-state index contributed by atoms with van der Waals surface area (Å²) < 4.78 is 5.76. The molecule has 0 atom stereocenters. The Morgan fingerprint density at radius 3 is 2.58 bits per heavy atom. The molecule has 3 heterocycles. The zero-order valence-electron chi connectivity index (χ0n) is 13.4. The lowest BCUT2D eigenvalue weighted by atomic mass is 10.1. The first-order valence-corrected chi connectivity index (χ1v) is 9.70. The second-order valence-corrected chi connectivity index (χ2v) is 7.93. The van der Waals surface area contributed by atoms with Gasteiger partial charge in [-0.05, 0) is 46.5 Å².